The van der Waals surface area contributed by atoms with E-state index < -0.39 is 0 Å². The van der Waals surface area contributed by atoms with Gasteiger partial charge in [0.15, 0.2) is 5.65 Å². The molecule has 1 saturated carbocycles. The van der Waals surface area contributed by atoms with Gasteiger partial charge >= 0.3 is 0 Å². The predicted octanol–water partition coefficient (Wildman–Crippen LogP) is 2.60. The Bertz CT molecular complexity index is 945. The maximum atomic E-state index is 12.5. The summed E-state index contributed by atoms with van der Waals surface area (Å²) in [5, 5.41) is 17.2. The topological polar surface area (TPSA) is 106 Å². The van der Waals surface area contributed by atoms with E-state index in [9.17, 15) is 9.59 Å². The van der Waals surface area contributed by atoms with Gasteiger partial charge in [0.2, 0.25) is 11.5 Å². The first kappa shape index (κ1) is 17.8. The molecule has 4 rings (SSSR count). The molecule has 2 aromatic rings. The largest absolute Gasteiger partial charge is 0.341 e. The van der Waals surface area contributed by atoms with Crippen LogP contribution in [-0.4, -0.2) is 39.1 Å². The van der Waals surface area contributed by atoms with Gasteiger partial charge in [-0.15, -0.1) is 0 Å². The zero-order chi connectivity index (χ0) is 19.0. The maximum absolute atomic E-state index is 12.5. The zero-order valence-corrected chi connectivity index (χ0v) is 15.6. The Hall–Kier alpha value is -2.62. The molecule has 1 amide bonds. The Balaban J connectivity index is 1.40. The van der Waals surface area contributed by atoms with Crippen LogP contribution in [-0.2, 0) is 4.79 Å². The third kappa shape index (κ3) is 3.48. The van der Waals surface area contributed by atoms with E-state index in [1.54, 1.807) is 6.07 Å². The van der Waals surface area contributed by atoms with E-state index in [0.717, 1.165) is 55.3 Å². The number of hydrogen-bond donors (Lipinski definition) is 2. The van der Waals surface area contributed by atoms with E-state index in [1.165, 1.54) is 0 Å². The number of nitrogens with zero attached hydrogens (tertiary/aromatic N) is 3. The summed E-state index contributed by atoms with van der Waals surface area (Å²) in [7, 11) is 0. The number of aromatic amines is 2. The van der Waals surface area contributed by atoms with Gasteiger partial charge in [-0.1, -0.05) is 0 Å². The van der Waals surface area contributed by atoms with Crippen LogP contribution >= 0.6 is 0 Å². The van der Waals surface area contributed by atoms with Crippen LogP contribution < -0.4 is 5.56 Å². The molecule has 7 heteroatoms. The lowest BCUT2D eigenvalue weighted by Crippen LogP contribution is -2.31. The van der Waals surface area contributed by atoms with E-state index in [1.807, 2.05) is 11.8 Å². The lowest BCUT2D eigenvalue weighted by Gasteiger charge is -2.29. The molecule has 0 radical (unpaired) electrons. The van der Waals surface area contributed by atoms with E-state index >= 15 is 0 Å². The minimum absolute atomic E-state index is 0.00136. The summed E-state index contributed by atoms with van der Waals surface area (Å²) in [5.41, 5.74) is 2.59. The van der Waals surface area contributed by atoms with Crippen LogP contribution in [0.5, 0.6) is 0 Å². The SMILES string of the molecule is Cc1[nH]nc2[nH]c(=O)cc(C3CCC(CC(=O)N4CCC(C#N)C4)CC3)c12. The van der Waals surface area contributed by atoms with Gasteiger partial charge < -0.3 is 9.88 Å². The molecule has 1 saturated heterocycles. The molecule has 2 aromatic heterocycles. The minimum Gasteiger partial charge on any atom is -0.341 e. The van der Waals surface area contributed by atoms with Crippen LogP contribution in [0.3, 0.4) is 0 Å². The van der Waals surface area contributed by atoms with Crippen molar-refractivity contribution in [3.8, 4) is 6.07 Å². The second kappa shape index (κ2) is 7.18. The summed E-state index contributed by atoms with van der Waals surface area (Å²) in [5.74, 6) is 0.937. The number of nitriles is 1. The number of pyridine rings is 1. The second-order valence-corrected chi connectivity index (χ2v) is 8.04. The zero-order valence-electron chi connectivity index (χ0n) is 15.6. The van der Waals surface area contributed by atoms with Crippen molar-refractivity contribution < 1.29 is 4.79 Å². The van der Waals surface area contributed by atoms with Crippen molar-refractivity contribution in [2.45, 2.75) is 51.4 Å². The number of aryl methyl sites for hydroxylation is 1. The summed E-state index contributed by atoms with van der Waals surface area (Å²) in [6.45, 7) is 3.29. The molecule has 3 heterocycles. The van der Waals surface area contributed by atoms with Crippen molar-refractivity contribution in [1.29, 1.82) is 5.26 Å². The average molecular weight is 367 g/mol. The smallest absolute Gasteiger partial charge is 0.249 e. The summed E-state index contributed by atoms with van der Waals surface area (Å²) in [4.78, 5) is 29.1. The van der Waals surface area contributed by atoms with E-state index in [-0.39, 0.29) is 17.4 Å². The standard InChI is InChI=1S/C20H25N5O2/c1-12-19-16(9-17(26)22-20(19)24-23-12)15-4-2-13(3-5-15)8-18(27)25-7-6-14(10-21)11-25/h9,13-15H,2-8,11H2,1H3,(H2,22,23,24,26). The third-order valence-electron chi connectivity index (χ3n) is 6.24. The normalized spacial score (nSPS) is 25.6. The highest BCUT2D eigenvalue weighted by Crippen LogP contribution is 2.39. The molecule has 2 fully saturated rings. The Morgan fingerprint density at radius 3 is 2.81 bits per heavy atom. The number of fused-ring (bicyclic) bond motifs is 1. The molecule has 0 aromatic carbocycles. The lowest BCUT2D eigenvalue weighted by molar-refractivity contribution is -0.131. The number of carbonyl (C=O) groups excluding carboxylic acids is 1. The lowest BCUT2D eigenvalue weighted by atomic mass is 9.77. The van der Waals surface area contributed by atoms with Crippen molar-refractivity contribution in [2.24, 2.45) is 11.8 Å². The average Bonchev–Trinajstić information content (AvgIpc) is 3.29. The van der Waals surface area contributed by atoms with Gasteiger partial charge in [0.25, 0.3) is 0 Å². The molecule has 1 unspecified atom stereocenters. The summed E-state index contributed by atoms with van der Waals surface area (Å²) in [6, 6.07) is 3.98. The molecular formula is C20H25N5O2. The fraction of sp³-hybridized carbons (Fsp3) is 0.600. The summed E-state index contributed by atoms with van der Waals surface area (Å²) in [6.07, 6.45) is 5.36. The monoisotopic (exact) mass is 367 g/mol. The fourth-order valence-electron chi connectivity index (χ4n) is 4.71. The van der Waals surface area contributed by atoms with Crippen LogP contribution in [0.1, 0.15) is 55.7 Å². The van der Waals surface area contributed by atoms with Gasteiger partial charge in [0.1, 0.15) is 0 Å². The summed E-state index contributed by atoms with van der Waals surface area (Å²) >= 11 is 0. The van der Waals surface area contributed by atoms with Gasteiger partial charge in [-0.3, -0.25) is 14.7 Å². The second-order valence-electron chi connectivity index (χ2n) is 8.04. The molecular weight excluding hydrogens is 342 g/mol. The van der Waals surface area contributed by atoms with Gasteiger partial charge in [0, 0.05) is 36.7 Å². The highest BCUT2D eigenvalue weighted by atomic mass is 16.2. The highest BCUT2D eigenvalue weighted by molar-refractivity contribution is 5.82. The van der Waals surface area contributed by atoms with E-state index in [4.69, 9.17) is 5.26 Å². The van der Waals surface area contributed by atoms with Gasteiger partial charge in [0.05, 0.1) is 12.0 Å². The van der Waals surface area contributed by atoms with E-state index in [2.05, 4.69) is 21.3 Å². The molecule has 0 spiro atoms. The molecule has 2 aliphatic rings. The molecule has 0 bridgehead atoms. The number of carbonyl (C=O) groups is 1. The number of aromatic nitrogens is 3. The number of amides is 1. The predicted molar refractivity (Wildman–Crippen MR) is 101 cm³/mol. The molecule has 1 aliphatic carbocycles. The number of nitrogens with one attached hydrogen (secondary N) is 2. The van der Waals surface area contributed by atoms with Crippen molar-refractivity contribution in [1.82, 2.24) is 20.1 Å². The molecule has 27 heavy (non-hydrogen) atoms. The Morgan fingerprint density at radius 2 is 2.11 bits per heavy atom. The molecule has 1 aliphatic heterocycles. The third-order valence-corrected chi connectivity index (χ3v) is 6.24. The number of rotatable bonds is 3. The van der Waals surface area contributed by atoms with Crippen molar-refractivity contribution >= 4 is 16.9 Å². The van der Waals surface area contributed by atoms with Crippen LogP contribution in [0.15, 0.2) is 10.9 Å². The summed E-state index contributed by atoms with van der Waals surface area (Å²) < 4.78 is 0. The van der Waals surface area contributed by atoms with Crippen LogP contribution in [0.4, 0.5) is 0 Å². The Kier molecular flexibility index (Phi) is 4.73. The molecule has 7 nitrogen and oxygen atoms in total. The van der Waals surface area contributed by atoms with Crippen molar-refractivity contribution in [3.05, 3.63) is 27.7 Å². The minimum atomic E-state index is -0.109. The van der Waals surface area contributed by atoms with Gasteiger partial charge in [-0.2, -0.15) is 10.4 Å². The highest BCUT2D eigenvalue weighted by Gasteiger charge is 2.30. The van der Waals surface area contributed by atoms with Gasteiger partial charge in [-0.25, -0.2) is 0 Å². The van der Waals surface area contributed by atoms with E-state index in [0.29, 0.717) is 30.4 Å². The van der Waals surface area contributed by atoms with Gasteiger partial charge in [-0.05, 0) is 56.4 Å². The Labute approximate surface area is 157 Å². The molecule has 2 N–H and O–H groups in total. The first-order valence-corrected chi connectivity index (χ1v) is 9.80. The first-order chi connectivity index (χ1) is 13.0. The van der Waals surface area contributed by atoms with Crippen LogP contribution in [0, 0.1) is 30.1 Å². The number of hydrogen-bond acceptors (Lipinski definition) is 4. The van der Waals surface area contributed by atoms with Crippen molar-refractivity contribution in [3.63, 3.8) is 0 Å². The Morgan fingerprint density at radius 1 is 1.33 bits per heavy atom. The molecule has 1 atom stereocenters. The van der Waals surface area contributed by atoms with Crippen molar-refractivity contribution in [2.75, 3.05) is 13.1 Å². The first-order valence-electron chi connectivity index (χ1n) is 9.80. The quantitative estimate of drug-likeness (QED) is 0.869. The van der Waals surface area contributed by atoms with Crippen LogP contribution in [0.2, 0.25) is 0 Å². The fourth-order valence-corrected chi connectivity index (χ4v) is 4.71. The number of likely N-dealkylation sites (tertiary alicyclic amines) is 1. The van der Waals surface area contributed by atoms with Crippen LogP contribution in [0.25, 0.3) is 11.0 Å². The number of H-pyrrole nitrogens is 2. The molecule has 142 valence electrons. The maximum Gasteiger partial charge on any atom is 0.249 e.